The van der Waals surface area contributed by atoms with E-state index in [1.165, 1.54) is 17.7 Å². The maximum absolute atomic E-state index is 6.11. The van der Waals surface area contributed by atoms with Gasteiger partial charge in [-0.15, -0.1) is 0 Å². The largest absolute Gasteiger partial charge is 0.379 e. The number of hydrogen-bond donors (Lipinski definition) is 1. The van der Waals surface area contributed by atoms with Crippen molar-refractivity contribution in [2.45, 2.75) is 25.4 Å². The van der Waals surface area contributed by atoms with Crippen molar-refractivity contribution in [1.82, 2.24) is 4.90 Å². The van der Waals surface area contributed by atoms with Gasteiger partial charge in [0.15, 0.2) is 0 Å². The standard InChI is InChI=1S/C16H25N3O/c1-13(17)15-4-2-3-5-16(15)19-7-6-14(12-19)18-8-10-20-11-9-18/h2-5,13-14H,6-12,17H2,1H3/t13-,14?/m0/s1. The van der Waals surface area contributed by atoms with Gasteiger partial charge in [-0.05, 0) is 25.0 Å². The van der Waals surface area contributed by atoms with Gasteiger partial charge < -0.3 is 15.4 Å². The molecular formula is C16H25N3O. The molecule has 4 heteroatoms. The number of para-hydroxylation sites is 1. The van der Waals surface area contributed by atoms with E-state index in [1.54, 1.807) is 0 Å². The van der Waals surface area contributed by atoms with Gasteiger partial charge in [-0.25, -0.2) is 0 Å². The summed E-state index contributed by atoms with van der Waals surface area (Å²) in [4.78, 5) is 5.08. The van der Waals surface area contributed by atoms with Gasteiger partial charge in [0.1, 0.15) is 0 Å². The van der Waals surface area contributed by atoms with Crippen LogP contribution in [-0.4, -0.2) is 50.3 Å². The third-order valence-corrected chi connectivity index (χ3v) is 4.49. The number of rotatable bonds is 3. The Morgan fingerprint density at radius 2 is 1.95 bits per heavy atom. The predicted octanol–water partition coefficient (Wildman–Crippen LogP) is 1.62. The first-order chi connectivity index (χ1) is 9.75. The quantitative estimate of drug-likeness (QED) is 0.910. The molecule has 1 unspecified atom stereocenters. The van der Waals surface area contributed by atoms with Crippen molar-refractivity contribution in [2.24, 2.45) is 5.73 Å². The van der Waals surface area contributed by atoms with Crippen molar-refractivity contribution in [2.75, 3.05) is 44.3 Å². The summed E-state index contributed by atoms with van der Waals surface area (Å²) in [6, 6.07) is 9.32. The lowest BCUT2D eigenvalue weighted by Gasteiger charge is -2.32. The fourth-order valence-electron chi connectivity index (χ4n) is 3.36. The number of ether oxygens (including phenoxy) is 1. The summed E-state index contributed by atoms with van der Waals surface area (Å²) in [7, 11) is 0. The number of hydrogen-bond acceptors (Lipinski definition) is 4. The average Bonchev–Trinajstić information content (AvgIpc) is 2.98. The van der Waals surface area contributed by atoms with Crippen LogP contribution in [0.25, 0.3) is 0 Å². The predicted molar refractivity (Wildman–Crippen MR) is 82.1 cm³/mol. The number of benzene rings is 1. The molecule has 2 saturated heterocycles. The van der Waals surface area contributed by atoms with Crippen molar-refractivity contribution >= 4 is 5.69 Å². The molecule has 0 aliphatic carbocycles. The van der Waals surface area contributed by atoms with Crippen molar-refractivity contribution in [1.29, 1.82) is 0 Å². The van der Waals surface area contributed by atoms with Gasteiger partial charge in [0.05, 0.1) is 13.2 Å². The number of morpholine rings is 1. The highest BCUT2D eigenvalue weighted by Gasteiger charge is 2.29. The van der Waals surface area contributed by atoms with Gasteiger partial charge in [-0.1, -0.05) is 18.2 Å². The Morgan fingerprint density at radius 3 is 2.70 bits per heavy atom. The van der Waals surface area contributed by atoms with Gasteiger partial charge >= 0.3 is 0 Å². The Morgan fingerprint density at radius 1 is 1.20 bits per heavy atom. The van der Waals surface area contributed by atoms with Crippen LogP contribution in [0, 0.1) is 0 Å². The zero-order valence-corrected chi connectivity index (χ0v) is 12.3. The minimum atomic E-state index is 0.0913. The molecule has 20 heavy (non-hydrogen) atoms. The number of anilines is 1. The van der Waals surface area contributed by atoms with E-state index in [9.17, 15) is 0 Å². The summed E-state index contributed by atoms with van der Waals surface area (Å²) >= 11 is 0. The maximum Gasteiger partial charge on any atom is 0.0594 e. The minimum Gasteiger partial charge on any atom is -0.379 e. The summed E-state index contributed by atoms with van der Waals surface area (Å²) in [5.74, 6) is 0. The molecule has 110 valence electrons. The van der Waals surface area contributed by atoms with Crippen LogP contribution in [0.4, 0.5) is 5.69 Å². The Kier molecular flexibility index (Phi) is 4.24. The summed E-state index contributed by atoms with van der Waals surface area (Å²) in [6.07, 6.45) is 1.24. The number of nitrogens with zero attached hydrogens (tertiary/aromatic N) is 2. The number of nitrogens with two attached hydrogens (primary N) is 1. The molecule has 2 fully saturated rings. The highest BCUT2D eigenvalue weighted by molar-refractivity contribution is 5.55. The van der Waals surface area contributed by atoms with Crippen LogP contribution in [0.5, 0.6) is 0 Å². The van der Waals surface area contributed by atoms with E-state index in [2.05, 4.69) is 41.0 Å². The van der Waals surface area contributed by atoms with E-state index in [0.717, 1.165) is 39.4 Å². The minimum absolute atomic E-state index is 0.0913. The molecule has 2 heterocycles. The zero-order valence-electron chi connectivity index (χ0n) is 12.3. The van der Waals surface area contributed by atoms with Gasteiger partial charge in [0, 0.05) is 44.0 Å². The van der Waals surface area contributed by atoms with Crippen molar-refractivity contribution in [3.05, 3.63) is 29.8 Å². The zero-order chi connectivity index (χ0) is 13.9. The molecule has 0 radical (unpaired) electrons. The van der Waals surface area contributed by atoms with E-state index < -0.39 is 0 Å². The molecule has 0 bridgehead atoms. The Balaban J connectivity index is 1.70. The second-order valence-electron chi connectivity index (χ2n) is 5.88. The molecule has 3 rings (SSSR count). The monoisotopic (exact) mass is 275 g/mol. The van der Waals surface area contributed by atoms with Crippen LogP contribution in [0.1, 0.15) is 24.9 Å². The van der Waals surface area contributed by atoms with Crippen molar-refractivity contribution in [3.8, 4) is 0 Å². The molecule has 0 spiro atoms. The van der Waals surface area contributed by atoms with Crippen LogP contribution in [-0.2, 0) is 4.74 Å². The van der Waals surface area contributed by atoms with Gasteiger partial charge in [-0.2, -0.15) is 0 Å². The van der Waals surface area contributed by atoms with Crippen LogP contribution >= 0.6 is 0 Å². The lowest BCUT2D eigenvalue weighted by molar-refractivity contribution is 0.0209. The Labute approximate surface area is 121 Å². The third kappa shape index (κ3) is 2.82. The van der Waals surface area contributed by atoms with Crippen LogP contribution < -0.4 is 10.6 Å². The summed E-state index contributed by atoms with van der Waals surface area (Å²) in [5.41, 5.74) is 8.68. The van der Waals surface area contributed by atoms with Gasteiger partial charge in [0.25, 0.3) is 0 Å². The summed E-state index contributed by atoms with van der Waals surface area (Å²) < 4.78 is 5.45. The molecule has 2 N–H and O–H groups in total. The molecule has 4 nitrogen and oxygen atoms in total. The molecule has 1 aromatic carbocycles. The fraction of sp³-hybridized carbons (Fsp3) is 0.625. The molecule has 0 amide bonds. The summed E-state index contributed by atoms with van der Waals surface area (Å²) in [6.45, 7) is 8.23. The molecule has 0 saturated carbocycles. The first kappa shape index (κ1) is 13.9. The van der Waals surface area contributed by atoms with Crippen LogP contribution in [0.2, 0.25) is 0 Å². The lowest BCUT2D eigenvalue weighted by atomic mass is 10.1. The molecule has 2 aliphatic rings. The second kappa shape index (κ2) is 6.12. The highest BCUT2D eigenvalue weighted by Crippen LogP contribution is 2.29. The Bertz CT molecular complexity index is 443. The van der Waals surface area contributed by atoms with Crippen LogP contribution in [0.3, 0.4) is 0 Å². The SMILES string of the molecule is C[C@H](N)c1ccccc1N1CCC(N2CCOCC2)C1. The fourth-order valence-corrected chi connectivity index (χ4v) is 3.36. The van der Waals surface area contributed by atoms with E-state index in [4.69, 9.17) is 10.5 Å². The smallest absolute Gasteiger partial charge is 0.0594 e. The first-order valence-electron chi connectivity index (χ1n) is 7.67. The van der Waals surface area contributed by atoms with E-state index >= 15 is 0 Å². The Hall–Kier alpha value is -1.10. The average molecular weight is 275 g/mol. The topological polar surface area (TPSA) is 41.7 Å². The highest BCUT2D eigenvalue weighted by atomic mass is 16.5. The van der Waals surface area contributed by atoms with Crippen molar-refractivity contribution in [3.63, 3.8) is 0 Å². The molecule has 2 aliphatic heterocycles. The van der Waals surface area contributed by atoms with Crippen LogP contribution in [0.15, 0.2) is 24.3 Å². The van der Waals surface area contributed by atoms with Gasteiger partial charge in [-0.3, -0.25) is 4.90 Å². The van der Waals surface area contributed by atoms with E-state index in [0.29, 0.717) is 6.04 Å². The van der Waals surface area contributed by atoms with Crippen molar-refractivity contribution < 1.29 is 4.74 Å². The van der Waals surface area contributed by atoms with E-state index in [-0.39, 0.29) is 6.04 Å². The first-order valence-corrected chi connectivity index (χ1v) is 7.67. The molecule has 2 atom stereocenters. The molecule has 1 aromatic rings. The lowest BCUT2D eigenvalue weighted by Crippen LogP contribution is -2.44. The third-order valence-electron chi connectivity index (χ3n) is 4.49. The molecule has 0 aromatic heterocycles. The summed E-state index contributed by atoms with van der Waals surface area (Å²) in [5, 5.41) is 0. The van der Waals surface area contributed by atoms with Gasteiger partial charge in [0.2, 0.25) is 0 Å². The molecular weight excluding hydrogens is 250 g/mol. The maximum atomic E-state index is 6.11. The van der Waals surface area contributed by atoms with E-state index in [1.807, 2.05) is 0 Å². The normalized spacial score (nSPS) is 25.9. The second-order valence-corrected chi connectivity index (χ2v) is 5.88.